The fourth-order valence-electron chi connectivity index (χ4n) is 2.38. The van der Waals surface area contributed by atoms with Gasteiger partial charge in [0.15, 0.2) is 0 Å². The first-order valence-corrected chi connectivity index (χ1v) is 6.79. The molecule has 1 atom stereocenters. The summed E-state index contributed by atoms with van der Waals surface area (Å²) >= 11 is 4.08. The lowest BCUT2D eigenvalue weighted by Gasteiger charge is -2.33. The number of thioether (sulfide) groups is 1. The van der Waals surface area contributed by atoms with Gasteiger partial charge in [0.2, 0.25) is 0 Å². The minimum Gasteiger partial charge on any atom is -0.312 e. The Kier molecular flexibility index (Phi) is 1.93. The molecule has 1 aromatic heterocycles. The summed E-state index contributed by atoms with van der Waals surface area (Å²) in [5.74, 6) is 2.67. The van der Waals surface area contributed by atoms with Crippen molar-refractivity contribution in [1.29, 1.82) is 0 Å². The standard InChI is InChI=1S/C10H13NS2/c1-3-13-9-8(1)5-11-6-10(9)2-4-12-7-10/h1,3,11H,2,4-7H2. The van der Waals surface area contributed by atoms with Crippen LogP contribution in [0.1, 0.15) is 16.9 Å². The van der Waals surface area contributed by atoms with Crippen LogP contribution in [0.3, 0.4) is 0 Å². The van der Waals surface area contributed by atoms with Gasteiger partial charge in [0.25, 0.3) is 0 Å². The van der Waals surface area contributed by atoms with Crippen LogP contribution in [0.25, 0.3) is 0 Å². The molecule has 2 aliphatic heterocycles. The van der Waals surface area contributed by atoms with E-state index in [-0.39, 0.29) is 0 Å². The predicted molar refractivity (Wildman–Crippen MR) is 59.6 cm³/mol. The number of thiophene rings is 1. The molecule has 0 bridgehead atoms. The van der Waals surface area contributed by atoms with Gasteiger partial charge in [0, 0.05) is 29.1 Å². The van der Waals surface area contributed by atoms with Crippen molar-refractivity contribution in [2.75, 3.05) is 18.1 Å². The van der Waals surface area contributed by atoms with Crippen LogP contribution in [0.5, 0.6) is 0 Å². The number of fused-ring (bicyclic) bond motifs is 2. The van der Waals surface area contributed by atoms with Crippen molar-refractivity contribution in [2.45, 2.75) is 18.4 Å². The van der Waals surface area contributed by atoms with Crippen LogP contribution in [0.2, 0.25) is 0 Å². The second-order valence-electron chi connectivity index (χ2n) is 3.96. The molecule has 2 aliphatic rings. The molecule has 13 heavy (non-hydrogen) atoms. The zero-order valence-electron chi connectivity index (χ0n) is 7.51. The predicted octanol–water partition coefficient (Wildman–Crippen LogP) is 2.23. The van der Waals surface area contributed by atoms with E-state index in [0.29, 0.717) is 5.41 Å². The van der Waals surface area contributed by atoms with Crippen molar-refractivity contribution in [3.63, 3.8) is 0 Å². The van der Waals surface area contributed by atoms with Gasteiger partial charge in [0.1, 0.15) is 0 Å². The molecule has 0 saturated carbocycles. The quantitative estimate of drug-likeness (QED) is 0.706. The van der Waals surface area contributed by atoms with E-state index in [1.54, 1.807) is 10.4 Å². The summed E-state index contributed by atoms with van der Waals surface area (Å²) in [6, 6.07) is 2.29. The molecule has 1 spiro atoms. The molecule has 1 unspecified atom stereocenters. The molecule has 0 amide bonds. The van der Waals surface area contributed by atoms with E-state index in [0.717, 1.165) is 6.54 Å². The average Bonchev–Trinajstić information content (AvgIpc) is 2.74. The lowest BCUT2D eigenvalue weighted by atomic mass is 9.81. The Balaban J connectivity index is 2.08. The van der Waals surface area contributed by atoms with E-state index in [9.17, 15) is 0 Å². The van der Waals surface area contributed by atoms with Crippen LogP contribution in [0.4, 0.5) is 0 Å². The summed E-state index contributed by atoms with van der Waals surface area (Å²) in [6.45, 7) is 2.29. The van der Waals surface area contributed by atoms with Crippen LogP contribution in [-0.2, 0) is 12.0 Å². The lowest BCUT2D eigenvalue weighted by molar-refractivity contribution is 0.418. The number of hydrogen-bond donors (Lipinski definition) is 1. The first kappa shape index (κ1) is 8.33. The zero-order chi connectivity index (χ0) is 8.73. The molecular formula is C10H13NS2. The second-order valence-corrected chi connectivity index (χ2v) is 5.98. The number of hydrogen-bond acceptors (Lipinski definition) is 3. The summed E-state index contributed by atoms with van der Waals surface area (Å²) in [5, 5.41) is 5.81. The Morgan fingerprint density at radius 1 is 1.46 bits per heavy atom. The molecule has 1 aromatic rings. The summed E-state index contributed by atoms with van der Waals surface area (Å²) in [5.41, 5.74) is 2.06. The first-order valence-electron chi connectivity index (χ1n) is 4.76. The fourth-order valence-corrected chi connectivity index (χ4v) is 5.09. The van der Waals surface area contributed by atoms with Gasteiger partial charge in [-0.2, -0.15) is 11.8 Å². The maximum Gasteiger partial charge on any atom is 0.0273 e. The van der Waals surface area contributed by atoms with Gasteiger partial charge < -0.3 is 5.32 Å². The maximum absolute atomic E-state index is 3.55. The van der Waals surface area contributed by atoms with Crippen molar-refractivity contribution in [3.8, 4) is 0 Å². The molecule has 70 valence electrons. The van der Waals surface area contributed by atoms with Crippen LogP contribution in [-0.4, -0.2) is 18.1 Å². The van der Waals surface area contributed by atoms with Gasteiger partial charge in [-0.1, -0.05) is 0 Å². The molecule has 3 heteroatoms. The smallest absolute Gasteiger partial charge is 0.0273 e. The molecular weight excluding hydrogens is 198 g/mol. The third-order valence-corrected chi connectivity index (χ3v) is 5.56. The Bertz CT molecular complexity index is 312. The lowest BCUT2D eigenvalue weighted by Crippen LogP contribution is -2.42. The zero-order valence-corrected chi connectivity index (χ0v) is 9.14. The largest absolute Gasteiger partial charge is 0.312 e. The molecule has 1 fully saturated rings. The third-order valence-electron chi connectivity index (χ3n) is 3.11. The van der Waals surface area contributed by atoms with Crippen LogP contribution >= 0.6 is 23.1 Å². The van der Waals surface area contributed by atoms with Crippen molar-refractivity contribution < 1.29 is 0 Å². The summed E-state index contributed by atoms with van der Waals surface area (Å²) in [7, 11) is 0. The second kappa shape index (κ2) is 3.01. The molecule has 3 rings (SSSR count). The van der Waals surface area contributed by atoms with Gasteiger partial charge in [-0.3, -0.25) is 0 Å². The third kappa shape index (κ3) is 1.17. The Hall–Kier alpha value is 0.01000. The average molecular weight is 211 g/mol. The highest BCUT2D eigenvalue weighted by molar-refractivity contribution is 7.99. The van der Waals surface area contributed by atoms with Gasteiger partial charge in [-0.15, -0.1) is 11.3 Å². The van der Waals surface area contributed by atoms with Gasteiger partial charge in [-0.25, -0.2) is 0 Å². The molecule has 0 radical (unpaired) electrons. The molecule has 3 heterocycles. The number of rotatable bonds is 0. The summed E-state index contributed by atoms with van der Waals surface area (Å²) in [4.78, 5) is 1.68. The van der Waals surface area contributed by atoms with Crippen LogP contribution < -0.4 is 5.32 Å². The van der Waals surface area contributed by atoms with E-state index in [4.69, 9.17) is 0 Å². The van der Waals surface area contributed by atoms with Crippen molar-refractivity contribution >= 4 is 23.1 Å². The van der Waals surface area contributed by atoms with Gasteiger partial charge >= 0.3 is 0 Å². The van der Waals surface area contributed by atoms with Gasteiger partial charge in [-0.05, 0) is 29.2 Å². The first-order chi connectivity index (χ1) is 6.41. The van der Waals surface area contributed by atoms with Crippen LogP contribution in [0.15, 0.2) is 11.4 Å². The van der Waals surface area contributed by atoms with Crippen LogP contribution in [0, 0.1) is 0 Å². The van der Waals surface area contributed by atoms with Gasteiger partial charge in [0.05, 0.1) is 0 Å². The highest BCUT2D eigenvalue weighted by Gasteiger charge is 2.40. The van der Waals surface area contributed by atoms with E-state index in [1.807, 2.05) is 11.3 Å². The van der Waals surface area contributed by atoms with E-state index in [2.05, 4.69) is 28.5 Å². The minimum atomic E-state index is 0.506. The Morgan fingerprint density at radius 3 is 3.31 bits per heavy atom. The number of nitrogens with one attached hydrogen (secondary N) is 1. The maximum atomic E-state index is 3.55. The Morgan fingerprint density at radius 2 is 2.46 bits per heavy atom. The fraction of sp³-hybridized carbons (Fsp3) is 0.600. The highest BCUT2D eigenvalue weighted by Crippen LogP contribution is 2.44. The van der Waals surface area contributed by atoms with E-state index in [1.165, 1.54) is 24.5 Å². The minimum absolute atomic E-state index is 0.506. The summed E-state index contributed by atoms with van der Waals surface area (Å²) < 4.78 is 0. The van der Waals surface area contributed by atoms with E-state index >= 15 is 0 Å². The summed E-state index contributed by atoms with van der Waals surface area (Å²) in [6.07, 6.45) is 1.37. The molecule has 0 aromatic carbocycles. The molecule has 1 N–H and O–H groups in total. The molecule has 1 saturated heterocycles. The topological polar surface area (TPSA) is 12.0 Å². The van der Waals surface area contributed by atoms with Crippen molar-refractivity contribution in [3.05, 3.63) is 21.9 Å². The van der Waals surface area contributed by atoms with E-state index < -0.39 is 0 Å². The normalized spacial score (nSPS) is 32.3. The monoisotopic (exact) mass is 211 g/mol. The molecule has 1 nitrogen and oxygen atoms in total. The highest BCUT2D eigenvalue weighted by atomic mass is 32.2. The Labute approximate surface area is 86.9 Å². The molecule has 0 aliphatic carbocycles. The van der Waals surface area contributed by atoms with Crippen molar-refractivity contribution in [2.24, 2.45) is 0 Å². The SMILES string of the molecule is c1cc2c(s1)C1(CCSC1)CNC2. The van der Waals surface area contributed by atoms with Crippen molar-refractivity contribution in [1.82, 2.24) is 5.32 Å².